The fourth-order valence-electron chi connectivity index (χ4n) is 1.20. The SMILES string of the molecule is COc1ccsc1C(=O)Nc1cncc(Cl)n1. The molecule has 2 rings (SSSR count). The monoisotopic (exact) mass is 269 g/mol. The number of anilines is 1. The van der Waals surface area contributed by atoms with Gasteiger partial charge in [0, 0.05) is 0 Å². The number of nitrogens with one attached hydrogen (secondary N) is 1. The molecule has 17 heavy (non-hydrogen) atoms. The third-order valence-electron chi connectivity index (χ3n) is 1.90. The number of ether oxygens (including phenoxy) is 1. The van der Waals surface area contributed by atoms with Gasteiger partial charge in [-0.15, -0.1) is 11.3 Å². The van der Waals surface area contributed by atoms with Gasteiger partial charge in [-0.1, -0.05) is 11.6 Å². The summed E-state index contributed by atoms with van der Waals surface area (Å²) in [6.45, 7) is 0. The molecule has 0 saturated heterocycles. The number of thiophene rings is 1. The Morgan fingerprint density at radius 1 is 1.53 bits per heavy atom. The summed E-state index contributed by atoms with van der Waals surface area (Å²) in [7, 11) is 1.51. The molecule has 1 N–H and O–H groups in total. The first-order valence-electron chi connectivity index (χ1n) is 4.61. The van der Waals surface area contributed by atoms with Crippen molar-refractivity contribution in [2.45, 2.75) is 0 Å². The fraction of sp³-hybridized carbons (Fsp3) is 0.100. The van der Waals surface area contributed by atoms with Crippen molar-refractivity contribution in [3.8, 4) is 5.75 Å². The number of aromatic nitrogens is 2. The molecule has 0 fully saturated rings. The van der Waals surface area contributed by atoms with Crippen molar-refractivity contribution in [2.75, 3.05) is 12.4 Å². The average molecular weight is 270 g/mol. The highest BCUT2D eigenvalue weighted by Crippen LogP contribution is 2.25. The van der Waals surface area contributed by atoms with E-state index in [1.54, 1.807) is 11.4 Å². The zero-order valence-electron chi connectivity index (χ0n) is 8.81. The van der Waals surface area contributed by atoms with Crippen LogP contribution >= 0.6 is 22.9 Å². The van der Waals surface area contributed by atoms with Gasteiger partial charge in [-0.25, -0.2) is 4.98 Å². The minimum Gasteiger partial charge on any atom is -0.495 e. The Bertz CT molecular complexity index is 544. The molecule has 0 aromatic carbocycles. The maximum atomic E-state index is 11.9. The van der Waals surface area contributed by atoms with Gasteiger partial charge in [-0.2, -0.15) is 0 Å². The number of methoxy groups -OCH3 is 1. The summed E-state index contributed by atoms with van der Waals surface area (Å²) in [6, 6.07) is 1.73. The predicted octanol–water partition coefficient (Wildman–Crippen LogP) is 2.45. The fourth-order valence-corrected chi connectivity index (χ4v) is 2.10. The smallest absolute Gasteiger partial charge is 0.270 e. The molecule has 2 heterocycles. The van der Waals surface area contributed by atoms with Crippen LogP contribution in [0.1, 0.15) is 9.67 Å². The number of hydrogen-bond acceptors (Lipinski definition) is 5. The number of rotatable bonds is 3. The lowest BCUT2D eigenvalue weighted by atomic mass is 10.4. The zero-order chi connectivity index (χ0) is 12.3. The molecule has 7 heteroatoms. The van der Waals surface area contributed by atoms with Crippen LogP contribution in [0, 0.1) is 0 Å². The summed E-state index contributed by atoms with van der Waals surface area (Å²) in [5, 5.41) is 4.59. The summed E-state index contributed by atoms with van der Waals surface area (Å²) >= 11 is 6.95. The predicted molar refractivity (Wildman–Crippen MR) is 65.9 cm³/mol. The van der Waals surface area contributed by atoms with Crippen LogP contribution in [0.2, 0.25) is 5.15 Å². The average Bonchev–Trinajstić information content (AvgIpc) is 2.77. The standard InChI is InChI=1S/C10H8ClN3O2S/c1-16-6-2-3-17-9(6)10(15)14-8-5-12-4-7(11)13-8/h2-5H,1H3,(H,13,14,15). The summed E-state index contributed by atoms with van der Waals surface area (Å²) in [6.07, 6.45) is 2.81. The molecule has 5 nitrogen and oxygen atoms in total. The van der Waals surface area contributed by atoms with E-state index < -0.39 is 0 Å². The molecule has 88 valence electrons. The first-order chi connectivity index (χ1) is 8.20. The maximum Gasteiger partial charge on any atom is 0.270 e. The van der Waals surface area contributed by atoms with Gasteiger partial charge in [-0.05, 0) is 11.4 Å². The van der Waals surface area contributed by atoms with Gasteiger partial charge in [0.2, 0.25) is 0 Å². The minimum absolute atomic E-state index is 0.223. The van der Waals surface area contributed by atoms with Crippen molar-refractivity contribution < 1.29 is 9.53 Å². The summed E-state index contributed by atoms with van der Waals surface area (Å²) in [5.41, 5.74) is 0. The zero-order valence-corrected chi connectivity index (χ0v) is 10.4. The largest absolute Gasteiger partial charge is 0.495 e. The Hall–Kier alpha value is -1.66. The van der Waals surface area contributed by atoms with Gasteiger partial charge in [0.1, 0.15) is 15.8 Å². The van der Waals surface area contributed by atoms with Crippen molar-refractivity contribution in [3.05, 3.63) is 33.9 Å². The molecule has 0 aliphatic rings. The lowest BCUT2D eigenvalue weighted by molar-refractivity contribution is 0.102. The van der Waals surface area contributed by atoms with Crippen molar-refractivity contribution in [1.29, 1.82) is 0 Å². The number of nitrogens with zero attached hydrogens (tertiary/aromatic N) is 2. The molecule has 0 aliphatic carbocycles. The van der Waals surface area contributed by atoms with E-state index >= 15 is 0 Å². The minimum atomic E-state index is -0.298. The van der Waals surface area contributed by atoms with E-state index in [2.05, 4.69) is 15.3 Å². The molecule has 0 spiro atoms. The van der Waals surface area contributed by atoms with Gasteiger partial charge in [0.25, 0.3) is 5.91 Å². The lowest BCUT2D eigenvalue weighted by Crippen LogP contribution is -2.12. The van der Waals surface area contributed by atoms with Gasteiger partial charge in [-0.3, -0.25) is 9.78 Å². The maximum absolute atomic E-state index is 11.9. The number of carbonyl (C=O) groups excluding carboxylic acids is 1. The van der Waals surface area contributed by atoms with E-state index in [1.165, 1.54) is 30.8 Å². The van der Waals surface area contributed by atoms with E-state index in [4.69, 9.17) is 16.3 Å². The van der Waals surface area contributed by atoms with E-state index in [1.807, 2.05) is 0 Å². The van der Waals surface area contributed by atoms with E-state index in [0.717, 1.165) is 0 Å². The molecule has 2 aromatic rings. The molecule has 1 amide bonds. The van der Waals surface area contributed by atoms with Crippen LogP contribution < -0.4 is 10.1 Å². The van der Waals surface area contributed by atoms with Crippen LogP contribution in [0.4, 0.5) is 5.82 Å². The first kappa shape index (κ1) is 11.8. The van der Waals surface area contributed by atoms with Crippen molar-refractivity contribution in [2.24, 2.45) is 0 Å². The second-order valence-corrected chi connectivity index (χ2v) is 4.30. The second-order valence-electron chi connectivity index (χ2n) is 3.00. The van der Waals surface area contributed by atoms with Crippen LogP contribution in [0.5, 0.6) is 5.75 Å². The molecular formula is C10H8ClN3O2S. The van der Waals surface area contributed by atoms with Crippen LogP contribution in [0.25, 0.3) is 0 Å². The van der Waals surface area contributed by atoms with Crippen molar-refractivity contribution >= 4 is 34.7 Å². The topological polar surface area (TPSA) is 64.1 Å². The summed E-state index contributed by atoms with van der Waals surface area (Å²) in [5.74, 6) is 0.536. The molecule has 0 radical (unpaired) electrons. The Kier molecular flexibility index (Phi) is 3.55. The number of halogens is 1. The molecule has 0 bridgehead atoms. The number of hydrogen-bond donors (Lipinski definition) is 1. The second kappa shape index (κ2) is 5.11. The highest BCUT2D eigenvalue weighted by molar-refractivity contribution is 7.12. The van der Waals surface area contributed by atoms with Crippen LogP contribution in [-0.2, 0) is 0 Å². The number of amides is 1. The van der Waals surface area contributed by atoms with Gasteiger partial charge >= 0.3 is 0 Å². The lowest BCUT2D eigenvalue weighted by Gasteiger charge is -2.04. The highest BCUT2D eigenvalue weighted by Gasteiger charge is 2.14. The molecule has 0 saturated carbocycles. The van der Waals surface area contributed by atoms with E-state index in [0.29, 0.717) is 16.4 Å². The van der Waals surface area contributed by atoms with Crippen LogP contribution in [0.3, 0.4) is 0 Å². The molecular weight excluding hydrogens is 262 g/mol. The Balaban J connectivity index is 2.17. The van der Waals surface area contributed by atoms with Gasteiger partial charge in [0.05, 0.1) is 19.5 Å². The first-order valence-corrected chi connectivity index (χ1v) is 5.87. The normalized spacial score (nSPS) is 10.0. The molecule has 0 unspecified atom stereocenters. The number of carbonyl (C=O) groups is 1. The van der Waals surface area contributed by atoms with Crippen LogP contribution in [-0.4, -0.2) is 23.0 Å². The van der Waals surface area contributed by atoms with E-state index in [-0.39, 0.29) is 11.1 Å². The third kappa shape index (κ3) is 2.72. The van der Waals surface area contributed by atoms with Crippen molar-refractivity contribution in [3.63, 3.8) is 0 Å². The summed E-state index contributed by atoms with van der Waals surface area (Å²) < 4.78 is 5.06. The summed E-state index contributed by atoms with van der Waals surface area (Å²) in [4.78, 5) is 20.1. The van der Waals surface area contributed by atoms with Crippen LogP contribution in [0.15, 0.2) is 23.8 Å². The molecule has 2 aromatic heterocycles. The quantitative estimate of drug-likeness (QED) is 0.930. The van der Waals surface area contributed by atoms with Gasteiger partial charge in [0.15, 0.2) is 5.82 Å². The highest BCUT2D eigenvalue weighted by atomic mass is 35.5. The molecule has 0 aliphatic heterocycles. The van der Waals surface area contributed by atoms with E-state index in [9.17, 15) is 4.79 Å². The van der Waals surface area contributed by atoms with Crippen molar-refractivity contribution in [1.82, 2.24) is 9.97 Å². The Labute approximate surface area is 106 Å². The Morgan fingerprint density at radius 3 is 3.06 bits per heavy atom. The third-order valence-corrected chi connectivity index (χ3v) is 2.98. The molecule has 0 atom stereocenters. The van der Waals surface area contributed by atoms with Gasteiger partial charge < -0.3 is 10.1 Å². The Morgan fingerprint density at radius 2 is 2.35 bits per heavy atom.